The molecule has 2 rings (SSSR count). The fraction of sp³-hybridized carbons (Fsp3) is 0.385. The lowest BCUT2D eigenvalue weighted by molar-refractivity contribution is -0.385. The van der Waals surface area contributed by atoms with Gasteiger partial charge in [0.25, 0.3) is 5.69 Å². The second-order valence-corrected chi connectivity index (χ2v) is 5.15. The molecule has 1 atom stereocenters. The highest BCUT2D eigenvalue weighted by Crippen LogP contribution is 2.29. The van der Waals surface area contributed by atoms with Gasteiger partial charge in [0.2, 0.25) is 5.91 Å². The number of aromatic nitrogens is 1. The molecule has 1 fully saturated rings. The van der Waals surface area contributed by atoms with E-state index in [1.807, 2.05) is 0 Å². The van der Waals surface area contributed by atoms with Crippen LogP contribution in [0.1, 0.15) is 6.42 Å². The number of hydrogen-bond acceptors (Lipinski definition) is 5. The normalized spacial score (nSPS) is 17.9. The van der Waals surface area contributed by atoms with Gasteiger partial charge in [0, 0.05) is 26.2 Å². The first kappa shape index (κ1) is 15.2. The Bertz CT molecular complexity index is 593. The summed E-state index contributed by atoms with van der Waals surface area (Å²) in [5, 5.41) is 10.8. The number of amides is 1. The summed E-state index contributed by atoms with van der Waals surface area (Å²) in [4.78, 5) is 29.8. The van der Waals surface area contributed by atoms with E-state index in [1.165, 1.54) is 6.07 Å². The minimum Gasteiger partial charge on any atom is -0.346 e. The molecule has 0 spiro atoms. The van der Waals surface area contributed by atoms with E-state index in [0.717, 1.165) is 6.20 Å². The van der Waals surface area contributed by atoms with Crippen molar-refractivity contribution < 1.29 is 9.72 Å². The maximum Gasteiger partial charge on any atom is 0.289 e. The maximum atomic E-state index is 12.3. The third-order valence-electron chi connectivity index (χ3n) is 3.44. The lowest BCUT2D eigenvalue weighted by Crippen LogP contribution is -2.40. The number of likely N-dealkylation sites (N-methyl/N-ethyl adjacent to an activating group) is 1. The van der Waals surface area contributed by atoms with Gasteiger partial charge >= 0.3 is 0 Å². The molecule has 2 heterocycles. The van der Waals surface area contributed by atoms with E-state index >= 15 is 0 Å². The van der Waals surface area contributed by atoms with Crippen LogP contribution in [0.5, 0.6) is 0 Å². The molecule has 21 heavy (non-hydrogen) atoms. The van der Waals surface area contributed by atoms with E-state index in [9.17, 15) is 14.9 Å². The molecule has 8 heteroatoms. The molecule has 112 valence electrons. The van der Waals surface area contributed by atoms with Crippen molar-refractivity contribution in [2.75, 3.05) is 25.0 Å². The molecular formula is C13H15ClN4O3. The number of rotatable bonds is 5. The number of nitrogens with zero attached hydrogens (tertiary/aromatic N) is 4. The summed E-state index contributed by atoms with van der Waals surface area (Å²) in [6.07, 6.45) is 3.47. The summed E-state index contributed by atoms with van der Waals surface area (Å²) >= 11 is 6.04. The van der Waals surface area contributed by atoms with Gasteiger partial charge in [0.15, 0.2) is 0 Å². The van der Waals surface area contributed by atoms with E-state index in [-0.39, 0.29) is 22.7 Å². The Labute approximate surface area is 127 Å². The number of halogens is 1. The Morgan fingerprint density at radius 2 is 2.43 bits per heavy atom. The van der Waals surface area contributed by atoms with Crippen LogP contribution in [0.25, 0.3) is 0 Å². The van der Waals surface area contributed by atoms with Gasteiger partial charge in [-0.3, -0.25) is 14.9 Å². The van der Waals surface area contributed by atoms with Crippen LogP contribution in [-0.4, -0.2) is 46.9 Å². The summed E-state index contributed by atoms with van der Waals surface area (Å²) in [5.41, 5.74) is -0.178. The molecule has 7 nitrogen and oxygen atoms in total. The van der Waals surface area contributed by atoms with Crippen molar-refractivity contribution in [2.45, 2.75) is 12.5 Å². The van der Waals surface area contributed by atoms with Gasteiger partial charge in [0.1, 0.15) is 18.1 Å². The number of likely N-dealkylation sites (tertiary alicyclic amines) is 1. The number of anilines is 1. The lowest BCUT2D eigenvalue weighted by Gasteiger charge is -2.25. The van der Waals surface area contributed by atoms with Gasteiger partial charge in [-0.25, -0.2) is 4.98 Å². The van der Waals surface area contributed by atoms with Crippen LogP contribution in [0, 0.1) is 10.1 Å². The molecule has 0 aliphatic carbocycles. The average molecular weight is 311 g/mol. The van der Waals surface area contributed by atoms with E-state index < -0.39 is 4.92 Å². The molecule has 1 amide bonds. The van der Waals surface area contributed by atoms with Gasteiger partial charge < -0.3 is 9.80 Å². The van der Waals surface area contributed by atoms with E-state index in [0.29, 0.717) is 25.3 Å². The van der Waals surface area contributed by atoms with Crippen LogP contribution in [0.2, 0.25) is 5.02 Å². The molecule has 1 aromatic rings. The fourth-order valence-electron chi connectivity index (χ4n) is 2.35. The standard InChI is InChI=1S/C13H15ClN4O3/c1-3-5-17-6-4-11(13(17)19)16(2)12-10(14)7-9(8-15-12)18(20)21/h3,7-8,11H,1,4-6H2,2H3/t11-/m0/s1. The second kappa shape index (κ2) is 6.09. The summed E-state index contributed by atoms with van der Waals surface area (Å²) in [7, 11) is 1.71. The fourth-order valence-corrected chi connectivity index (χ4v) is 2.64. The lowest BCUT2D eigenvalue weighted by atomic mass is 10.2. The van der Waals surface area contributed by atoms with Gasteiger partial charge in [-0.15, -0.1) is 6.58 Å². The quantitative estimate of drug-likeness (QED) is 0.471. The molecule has 1 aliphatic heterocycles. The zero-order valence-electron chi connectivity index (χ0n) is 11.5. The van der Waals surface area contributed by atoms with Crippen LogP contribution in [0.4, 0.5) is 11.5 Å². The zero-order chi connectivity index (χ0) is 15.6. The molecule has 1 aliphatic rings. The van der Waals surface area contributed by atoms with Gasteiger partial charge in [0.05, 0.1) is 9.95 Å². The number of nitro groups is 1. The highest BCUT2D eigenvalue weighted by atomic mass is 35.5. The highest BCUT2D eigenvalue weighted by Gasteiger charge is 2.35. The molecule has 0 bridgehead atoms. The molecule has 0 aromatic carbocycles. The van der Waals surface area contributed by atoms with Crippen LogP contribution < -0.4 is 4.90 Å². The number of carbonyl (C=O) groups is 1. The van der Waals surface area contributed by atoms with Crippen molar-refractivity contribution in [3.8, 4) is 0 Å². The Balaban J connectivity index is 2.21. The van der Waals surface area contributed by atoms with E-state index in [2.05, 4.69) is 11.6 Å². The van der Waals surface area contributed by atoms with Crippen molar-refractivity contribution >= 4 is 29.0 Å². The van der Waals surface area contributed by atoms with Crippen LogP contribution in [0.15, 0.2) is 24.9 Å². The van der Waals surface area contributed by atoms with E-state index in [4.69, 9.17) is 11.6 Å². The summed E-state index contributed by atoms with van der Waals surface area (Å²) < 4.78 is 0. The SMILES string of the molecule is C=CCN1CC[C@H](N(C)c2ncc([N+](=O)[O-])cc2Cl)C1=O. The highest BCUT2D eigenvalue weighted by molar-refractivity contribution is 6.33. The van der Waals surface area contributed by atoms with Crippen LogP contribution in [-0.2, 0) is 4.79 Å². The third kappa shape index (κ3) is 2.97. The van der Waals surface area contributed by atoms with Gasteiger partial charge in [-0.1, -0.05) is 17.7 Å². The Morgan fingerprint density at radius 1 is 1.71 bits per heavy atom. The predicted molar refractivity (Wildman–Crippen MR) is 79.5 cm³/mol. The smallest absolute Gasteiger partial charge is 0.289 e. The number of hydrogen-bond donors (Lipinski definition) is 0. The zero-order valence-corrected chi connectivity index (χ0v) is 12.3. The first-order valence-electron chi connectivity index (χ1n) is 6.38. The summed E-state index contributed by atoms with van der Waals surface area (Å²) in [6, 6.07) is 0.873. The first-order valence-corrected chi connectivity index (χ1v) is 6.76. The number of carbonyl (C=O) groups excluding carboxylic acids is 1. The number of pyridine rings is 1. The molecular weight excluding hydrogens is 296 g/mol. The van der Waals surface area contributed by atoms with Crippen molar-refractivity contribution in [3.63, 3.8) is 0 Å². The third-order valence-corrected chi connectivity index (χ3v) is 3.72. The predicted octanol–water partition coefficient (Wildman–Crippen LogP) is 1.87. The molecule has 0 unspecified atom stereocenters. The Morgan fingerprint density at radius 3 is 3.00 bits per heavy atom. The van der Waals surface area contributed by atoms with Gasteiger partial charge in [-0.05, 0) is 6.42 Å². The summed E-state index contributed by atoms with van der Waals surface area (Å²) in [6.45, 7) is 4.77. The molecule has 1 saturated heterocycles. The van der Waals surface area contributed by atoms with Crippen molar-refractivity contribution in [2.24, 2.45) is 0 Å². The second-order valence-electron chi connectivity index (χ2n) is 4.74. The molecule has 0 radical (unpaired) electrons. The Hall–Kier alpha value is -2.15. The van der Waals surface area contributed by atoms with E-state index in [1.54, 1.807) is 22.9 Å². The summed E-state index contributed by atoms with van der Waals surface area (Å²) in [5.74, 6) is 0.342. The molecule has 1 aromatic heterocycles. The average Bonchev–Trinajstić information content (AvgIpc) is 2.80. The first-order chi connectivity index (χ1) is 9.95. The van der Waals surface area contributed by atoms with Crippen molar-refractivity contribution in [3.05, 3.63) is 40.1 Å². The minimum absolute atomic E-state index is 0.0198. The Kier molecular flexibility index (Phi) is 4.42. The maximum absolute atomic E-state index is 12.3. The monoisotopic (exact) mass is 310 g/mol. The minimum atomic E-state index is -0.560. The van der Waals surface area contributed by atoms with Crippen molar-refractivity contribution in [1.82, 2.24) is 9.88 Å². The topological polar surface area (TPSA) is 79.6 Å². The van der Waals surface area contributed by atoms with Gasteiger partial charge in [-0.2, -0.15) is 0 Å². The van der Waals surface area contributed by atoms with Crippen LogP contribution >= 0.6 is 11.6 Å². The van der Waals surface area contributed by atoms with Crippen LogP contribution in [0.3, 0.4) is 0 Å². The molecule has 0 saturated carbocycles. The van der Waals surface area contributed by atoms with Crippen molar-refractivity contribution in [1.29, 1.82) is 0 Å². The largest absolute Gasteiger partial charge is 0.346 e. The molecule has 0 N–H and O–H groups in total.